The van der Waals surface area contributed by atoms with Gasteiger partial charge < -0.3 is 10.3 Å². The summed E-state index contributed by atoms with van der Waals surface area (Å²) >= 11 is 6.27. The van der Waals surface area contributed by atoms with E-state index < -0.39 is 5.54 Å². The highest BCUT2D eigenvalue weighted by atomic mass is 35.5. The third-order valence-corrected chi connectivity index (χ3v) is 4.29. The number of nitrogens with zero attached hydrogens (tertiary/aromatic N) is 2. The molecule has 20 heavy (non-hydrogen) atoms. The van der Waals surface area contributed by atoms with Crippen molar-refractivity contribution >= 4 is 24.0 Å². The predicted molar refractivity (Wildman–Crippen MR) is 81.1 cm³/mol. The first-order chi connectivity index (χ1) is 9.10. The van der Waals surface area contributed by atoms with Gasteiger partial charge in [0, 0.05) is 0 Å². The molecule has 0 radical (unpaired) electrons. The van der Waals surface area contributed by atoms with Crippen LogP contribution >= 0.6 is 24.0 Å². The maximum absolute atomic E-state index is 6.32. The van der Waals surface area contributed by atoms with Gasteiger partial charge >= 0.3 is 0 Å². The van der Waals surface area contributed by atoms with Crippen LogP contribution in [-0.2, 0) is 5.54 Å². The summed E-state index contributed by atoms with van der Waals surface area (Å²) in [5, 5.41) is 4.70. The van der Waals surface area contributed by atoms with Gasteiger partial charge in [-0.1, -0.05) is 41.7 Å². The predicted octanol–water partition coefficient (Wildman–Crippen LogP) is 3.85. The van der Waals surface area contributed by atoms with Crippen molar-refractivity contribution in [1.29, 1.82) is 0 Å². The summed E-state index contributed by atoms with van der Waals surface area (Å²) in [5.74, 6) is 1.04. The van der Waals surface area contributed by atoms with E-state index in [2.05, 4.69) is 10.1 Å². The Kier molecular flexibility index (Phi) is 4.37. The highest BCUT2D eigenvalue weighted by molar-refractivity contribution is 6.33. The van der Waals surface area contributed by atoms with Crippen molar-refractivity contribution in [3.05, 3.63) is 34.6 Å². The lowest BCUT2D eigenvalue weighted by Gasteiger charge is -2.17. The molecule has 0 aliphatic heterocycles. The van der Waals surface area contributed by atoms with Gasteiger partial charge in [-0.3, -0.25) is 0 Å². The molecular weight excluding hydrogens is 297 g/mol. The average molecular weight is 314 g/mol. The number of hydrogen-bond acceptors (Lipinski definition) is 4. The Morgan fingerprint density at radius 1 is 1.30 bits per heavy atom. The largest absolute Gasteiger partial charge is 0.334 e. The number of aryl methyl sites for hydroxylation is 1. The zero-order chi connectivity index (χ0) is 13.5. The molecule has 0 saturated heterocycles. The van der Waals surface area contributed by atoms with E-state index in [0.717, 1.165) is 36.8 Å². The van der Waals surface area contributed by atoms with E-state index in [-0.39, 0.29) is 12.4 Å². The fourth-order valence-electron chi connectivity index (χ4n) is 2.58. The Hall–Kier alpha value is -1.10. The summed E-state index contributed by atoms with van der Waals surface area (Å²) < 4.78 is 5.34. The lowest BCUT2D eigenvalue weighted by molar-refractivity contribution is 0.372. The second-order valence-corrected chi connectivity index (χ2v) is 5.60. The topological polar surface area (TPSA) is 64.9 Å². The van der Waals surface area contributed by atoms with Gasteiger partial charge in [0.2, 0.25) is 0 Å². The molecular formula is C14H17Cl2N3O. The molecule has 1 heterocycles. The van der Waals surface area contributed by atoms with Gasteiger partial charge in [-0.2, -0.15) is 4.98 Å². The number of benzene rings is 1. The first-order valence-corrected chi connectivity index (χ1v) is 6.86. The van der Waals surface area contributed by atoms with Crippen molar-refractivity contribution in [3.63, 3.8) is 0 Å². The number of halogens is 2. The van der Waals surface area contributed by atoms with Gasteiger partial charge in [-0.15, -0.1) is 12.4 Å². The molecule has 0 unspecified atom stereocenters. The van der Waals surface area contributed by atoms with E-state index in [1.54, 1.807) is 0 Å². The monoisotopic (exact) mass is 313 g/mol. The fraction of sp³-hybridized carbons (Fsp3) is 0.429. The minimum Gasteiger partial charge on any atom is -0.334 e. The second kappa shape index (κ2) is 5.72. The normalized spacial score (nSPS) is 16.9. The lowest BCUT2D eigenvalue weighted by Crippen LogP contribution is -2.34. The third kappa shape index (κ3) is 2.55. The molecule has 0 spiro atoms. The van der Waals surface area contributed by atoms with Crippen LogP contribution in [0.15, 0.2) is 22.7 Å². The summed E-state index contributed by atoms with van der Waals surface area (Å²) in [5.41, 5.74) is 7.64. The molecule has 1 aromatic carbocycles. The van der Waals surface area contributed by atoms with Gasteiger partial charge in [0.05, 0.1) is 16.1 Å². The molecule has 2 N–H and O–H groups in total. The molecule has 0 amide bonds. The van der Waals surface area contributed by atoms with E-state index >= 15 is 0 Å². The summed E-state index contributed by atoms with van der Waals surface area (Å²) in [6.45, 7) is 1.95. The highest BCUT2D eigenvalue weighted by Gasteiger charge is 2.36. The van der Waals surface area contributed by atoms with Gasteiger partial charge in [0.15, 0.2) is 5.82 Å². The number of nitrogens with two attached hydrogens (primary N) is 1. The van der Waals surface area contributed by atoms with E-state index in [0.29, 0.717) is 16.7 Å². The minimum absolute atomic E-state index is 0. The lowest BCUT2D eigenvalue weighted by atomic mass is 9.98. The van der Waals surface area contributed by atoms with Gasteiger partial charge in [-0.25, -0.2) is 0 Å². The number of rotatable bonds is 2. The fourth-order valence-corrected chi connectivity index (χ4v) is 2.78. The highest BCUT2D eigenvalue weighted by Crippen LogP contribution is 2.36. The van der Waals surface area contributed by atoms with Crippen molar-refractivity contribution < 1.29 is 4.52 Å². The van der Waals surface area contributed by atoms with Crippen molar-refractivity contribution in [2.45, 2.75) is 38.1 Å². The van der Waals surface area contributed by atoms with Gasteiger partial charge in [-0.05, 0) is 31.4 Å². The zero-order valence-electron chi connectivity index (χ0n) is 11.2. The molecule has 0 bridgehead atoms. The Morgan fingerprint density at radius 3 is 2.70 bits per heavy atom. The number of aromatic nitrogens is 2. The molecule has 3 rings (SSSR count). The summed E-state index contributed by atoms with van der Waals surface area (Å²) in [6.07, 6.45) is 4.05. The van der Waals surface area contributed by atoms with Crippen LogP contribution in [0.2, 0.25) is 5.02 Å². The van der Waals surface area contributed by atoms with E-state index in [4.69, 9.17) is 21.9 Å². The standard InChI is InChI=1S/C14H16ClN3O.ClH/c1-9-5-4-6-10(11(9)15)12-17-13(18-19-12)14(16)7-2-3-8-14;/h4-6H,2-3,7-8,16H2,1H3;1H. The molecule has 2 aromatic rings. The van der Waals surface area contributed by atoms with Crippen molar-refractivity contribution in [1.82, 2.24) is 10.1 Å². The van der Waals surface area contributed by atoms with Crippen LogP contribution < -0.4 is 5.73 Å². The van der Waals surface area contributed by atoms with E-state index in [9.17, 15) is 0 Å². The van der Waals surface area contributed by atoms with Crippen LogP contribution in [-0.4, -0.2) is 10.1 Å². The van der Waals surface area contributed by atoms with Crippen LogP contribution in [0.1, 0.15) is 37.1 Å². The molecule has 1 aliphatic carbocycles. The van der Waals surface area contributed by atoms with Crippen molar-refractivity contribution in [2.75, 3.05) is 0 Å². The molecule has 1 aromatic heterocycles. The van der Waals surface area contributed by atoms with E-state index in [1.807, 2.05) is 25.1 Å². The molecule has 1 saturated carbocycles. The van der Waals surface area contributed by atoms with Crippen LogP contribution in [0.5, 0.6) is 0 Å². The van der Waals surface area contributed by atoms with Crippen LogP contribution in [0.25, 0.3) is 11.5 Å². The molecule has 1 aliphatic rings. The Labute approximate surface area is 129 Å². The average Bonchev–Trinajstić information content (AvgIpc) is 3.02. The van der Waals surface area contributed by atoms with Gasteiger partial charge in [0.1, 0.15) is 0 Å². The second-order valence-electron chi connectivity index (χ2n) is 5.22. The summed E-state index contributed by atoms with van der Waals surface area (Å²) in [7, 11) is 0. The smallest absolute Gasteiger partial charge is 0.259 e. The van der Waals surface area contributed by atoms with Crippen molar-refractivity contribution in [2.24, 2.45) is 5.73 Å². The third-order valence-electron chi connectivity index (χ3n) is 3.79. The molecule has 4 nitrogen and oxygen atoms in total. The van der Waals surface area contributed by atoms with Crippen LogP contribution in [0.3, 0.4) is 0 Å². The Bertz CT molecular complexity index is 606. The minimum atomic E-state index is -0.432. The summed E-state index contributed by atoms with van der Waals surface area (Å²) in [4.78, 5) is 4.45. The Balaban J connectivity index is 0.00000147. The first-order valence-electron chi connectivity index (χ1n) is 6.49. The Morgan fingerprint density at radius 2 is 2.00 bits per heavy atom. The van der Waals surface area contributed by atoms with Gasteiger partial charge in [0.25, 0.3) is 5.89 Å². The van der Waals surface area contributed by atoms with Crippen molar-refractivity contribution in [3.8, 4) is 11.5 Å². The first kappa shape index (κ1) is 15.3. The van der Waals surface area contributed by atoms with Crippen LogP contribution in [0, 0.1) is 6.92 Å². The summed E-state index contributed by atoms with van der Waals surface area (Å²) in [6, 6.07) is 5.75. The quantitative estimate of drug-likeness (QED) is 0.914. The molecule has 108 valence electrons. The molecule has 1 fully saturated rings. The molecule has 6 heteroatoms. The SMILES string of the molecule is Cc1cccc(-c2nc(C3(N)CCCC3)no2)c1Cl.Cl. The number of hydrogen-bond donors (Lipinski definition) is 1. The maximum atomic E-state index is 6.32. The van der Waals surface area contributed by atoms with Crippen LogP contribution in [0.4, 0.5) is 0 Å². The zero-order valence-corrected chi connectivity index (χ0v) is 12.8. The van der Waals surface area contributed by atoms with E-state index in [1.165, 1.54) is 0 Å². The molecule has 0 atom stereocenters. The maximum Gasteiger partial charge on any atom is 0.259 e.